The molecular formula is C11H14O5S. The molecule has 1 rings (SSSR count). The molecule has 1 N–H and O–H groups in total. The summed E-state index contributed by atoms with van der Waals surface area (Å²) in [6.07, 6.45) is 0. The predicted octanol–water partition coefficient (Wildman–Crippen LogP) is 1.17. The number of hydrogen-bond donors (Lipinski definition) is 1. The van der Waals surface area contributed by atoms with E-state index in [1.54, 1.807) is 13.0 Å². The van der Waals surface area contributed by atoms with Gasteiger partial charge in [0.1, 0.15) is 10.6 Å². The molecule has 5 nitrogen and oxygen atoms in total. The summed E-state index contributed by atoms with van der Waals surface area (Å²) < 4.78 is 28.6. The van der Waals surface area contributed by atoms with Crippen molar-refractivity contribution in [3.05, 3.63) is 23.3 Å². The standard InChI is InChI=1S/C11H14O5S/c1-7-4-9(16-3)10(5-8(7)2)17(14,15)6-11(12)13/h4-5H,6H2,1-3H3,(H,12,13). The molecule has 94 valence electrons. The number of methoxy groups -OCH3 is 1. The van der Waals surface area contributed by atoms with Gasteiger partial charge in [-0.05, 0) is 37.1 Å². The predicted molar refractivity (Wildman–Crippen MR) is 62.2 cm³/mol. The molecule has 0 spiro atoms. The number of sulfone groups is 1. The Kier molecular flexibility index (Phi) is 3.77. The second-order valence-corrected chi connectivity index (χ2v) is 5.70. The molecule has 1 aromatic carbocycles. The molecule has 0 unspecified atom stereocenters. The summed E-state index contributed by atoms with van der Waals surface area (Å²) in [6, 6.07) is 3.02. The van der Waals surface area contributed by atoms with Gasteiger partial charge in [-0.1, -0.05) is 0 Å². The van der Waals surface area contributed by atoms with Crippen LogP contribution in [-0.2, 0) is 14.6 Å². The molecule has 0 saturated heterocycles. The number of aryl methyl sites for hydroxylation is 2. The minimum absolute atomic E-state index is 0.0782. The van der Waals surface area contributed by atoms with E-state index in [0.29, 0.717) is 0 Å². The summed E-state index contributed by atoms with van der Waals surface area (Å²) in [5.41, 5.74) is 1.66. The maximum atomic E-state index is 11.8. The number of carboxylic acids is 1. The topological polar surface area (TPSA) is 80.7 Å². The zero-order valence-corrected chi connectivity index (χ0v) is 10.7. The molecule has 0 amide bonds. The van der Waals surface area contributed by atoms with Gasteiger partial charge in [-0.15, -0.1) is 0 Å². The molecule has 0 heterocycles. The molecule has 0 radical (unpaired) electrons. The van der Waals surface area contributed by atoms with Gasteiger partial charge in [0.2, 0.25) is 0 Å². The highest BCUT2D eigenvalue weighted by Gasteiger charge is 2.23. The zero-order chi connectivity index (χ0) is 13.2. The van der Waals surface area contributed by atoms with Gasteiger partial charge in [0.15, 0.2) is 15.6 Å². The molecular weight excluding hydrogens is 244 g/mol. The van der Waals surface area contributed by atoms with Crippen LogP contribution >= 0.6 is 0 Å². The van der Waals surface area contributed by atoms with Gasteiger partial charge in [0.25, 0.3) is 0 Å². The van der Waals surface area contributed by atoms with E-state index < -0.39 is 21.6 Å². The molecule has 0 aliphatic carbocycles. The van der Waals surface area contributed by atoms with E-state index in [1.807, 2.05) is 6.92 Å². The van der Waals surface area contributed by atoms with Gasteiger partial charge in [-0.2, -0.15) is 0 Å². The highest BCUT2D eigenvalue weighted by atomic mass is 32.2. The molecule has 0 saturated carbocycles. The Hall–Kier alpha value is -1.56. The fraction of sp³-hybridized carbons (Fsp3) is 0.364. The fourth-order valence-corrected chi connectivity index (χ4v) is 2.69. The molecule has 1 aromatic rings. The van der Waals surface area contributed by atoms with Crippen LogP contribution in [0.1, 0.15) is 11.1 Å². The first-order chi connectivity index (χ1) is 7.77. The van der Waals surface area contributed by atoms with Crippen molar-refractivity contribution >= 4 is 15.8 Å². The minimum Gasteiger partial charge on any atom is -0.495 e. The van der Waals surface area contributed by atoms with Crippen molar-refractivity contribution in [1.82, 2.24) is 0 Å². The van der Waals surface area contributed by atoms with Gasteiger partial charge in [0, 0.05) is 0 Å². The SMILES string of the molecule is COc1cc(C)c(C)cc1S(=O)(=O)CC(=O)O. The second kappa shape index (κ2) is 4.75. The number of rotatable bonds is 4. The maximum absolute atomic E-state index is 11.8. The summed E-state index contributed by atoms with van der Waals surface area (Å²) >= 11 is 0. The average molecular weight is 258 g/mol. The summed E-state index contributed by atoms with van der Waals surface area (Å²) in [5.74, 6) is -2.15. The van der Waals surface area contributed by atoms with Crippen LogP contribution in [0.2, 0.25) is 0 Å². The third kappa shape index (κ3) is 2.97. The van der Waals surface area contributed by atoms with Crippen LogP contribution in [0, 0.1) is 13.8 Å². The van der Waals surface area contributed by atoms with E-state index in [1.165, 1.54) is 13.2 Å². The Bertz CT molecular complexity index is 545. The van der Waals surface area contributed by atoms with Crippen LogP contribution in [0.4, 0.5) is 0 Å². The summed E-state index contributed by atoms with van der Waals surface area (Å²) in [4.78, 5) is 10.4. The van der Waals surface area contributed by atoms with E-state index in [-0.39, 0.29) is 10.6 Å². The summed E-state index contributed by atoms with van der Waals surface area (Å²) in [7, 11) is -2.52. The molecule has 0 fully saturated rings. The van der Waals surface area contributed by atoms with Crippen LogP contribution in [0.25, 0.3) is 0 Å². The quantitative estimate of drug-likeness (QED) is 0.876. The molecule has 0 aliphatic heterocycles. The minimum atomic E-state index is -3.87. The van der Waals surface area contributed by atoms with Crippen molar-refractivity contribution < 1.29 is 23.1 Å². The van der Waals surface area contributed by atoms with Crippen molar-refractivity contribution in [2.24, 2.45) is 0 Å². The van der Waals surface area contributed by atoms with Gasteiger partial charge in [-0.25, -0.2) is 8.42 Å². The van der Waals surface area contributed by atoms with E-state index in [9.17, 15) is 13.2 Å². The Labute approximate surface area is 100.0 Å². The molecule has 0 atom stereocenters. The monoisotopic (exact) mass is 258 g/mol. The van der Waals surface area contributed by atoms with Crippen molar-refractivity contribution in [2.75, 3.05) is 12.9 Å². The highest BCUT2D eigenvalue weighted by molar-refractivity contribution is 7.92. The third-order valence-electron chi connectivity index (χ3n) is 2.43. The van der Waals surface area contributed by atoms with Crippen molar-refractivity contribution in [3.8, 4) is 5.75 Å². The van der Waals surface area contributed by atoms with Crippen molar-refractivity contribution in [3.63, 3.8) is 0 Å². The Morgan fingerprint density at radius 2 is 1.82 bits per heavy atom. The first-order valence-corrected chi connectivity index (χ1v) is 6.53. The smallest absolute Gasteiger partial charge is 0.319 e. The second-order valence-electron chi connectivity index (χ2n) is 3.74. The number of benzene rings is 1. The van der Waals surface area contributed by atoms with E-state index in [4.69, 9.17) is 9.84 Å². The number of carbonyl (C=O) groups is 1. The fourth-order valence-electron chi connectivity index (χ4n) is 1.41. The van der Waals surface area contributed by atoms with Crippen LogP contribution in [0.15, 0.2) is 17.0 Å². The van der Waals surface area contributed by atoms with E-state index >= 15 is 0 Å². The van der Waals surface area contributed by atoms with Crippen LogP contribution in [0.3, 0.4) is 0 Å². The Morgan fingerprint density at radius 1 is 1.29 bits per heavy atom. The average Bonchev–Trinajstić information content (AvgIpc) is 2.19. The van der Waals surface area contributed by atoms with Crippen molar-refractivity contribution in [2.45, 2.75) is 18.7 Å². The largest absolute Gasteiger partial charge is 0.495 e. The van der Waals surface area contributed by atoms with Crippen LogP contribution in [-0.4, -0.2) is 32.4 Å². The van der Waals surface area contributed by atoms with Crippen LogP contribution in [0.5, 0.6) is 5.75 Å². The highest BCUT2D eigenvalue weighted by Crippen LogP contribution is 2.28. The van der Waals surface area contributed by atoms with Gasteiger partial charge < -0.3 is 9.84 Å². The summed E-state index contributed by atoms with van der Waals surface area (Å²) in [6.45, 7) is 3.58. The first-order valence-electron chi connectivity index (χ1n) is 4.87. The van der Waals surface area contributed by atoms with E-state index in [2.05, 4.69) is 0 Å². The van der Waals surface area contributed by atoms with Crippen LogP contribution < -0.4 is 4.74 Å². The number of hydrogen-bond acceptors (Lipinski definition) is 4. The molecule has 0 aliphatic rings. The van der Waals surface area contributed by atoms with Gasteiger partial charge in [-0.3, -0.25) is 4.79 Å². The lowest BCUT2D eigenvalue weighted by Crippen LogP contribution is -2.16. The van der Waals surface area contributed by atoms with Gasteiger partial charge >= 0.3 is 5.97 Å². The number of ether oxygens (including phenoxy) is 1. The van der Waals surface area contributed by atoms with E-state index in [0.717, 1.165) is 11.1 Å². The zero-order valence-electron chi connectivity index (χ0n) is 9.85. The lowest BCUT2D eigenvalue weighted by atomic mass is 10.1. The Morgan fingerprint density at radius 3 is 2.29 bits per heavy atom. The first kappa shape index (κ1) is 13.5. The number of carboxylic acid groups (broad SMARTS) is 1. The lowest BCUT2D eigenvalue weighted by Gasteiger charge is -2.11. The normalized spacial score (nSPS) is 11.2. The third-order valence-corrected chi connectivity index (χ3v) is 4.04. The summed E-state index contributed by atoms with van der Waals surface area (Å²) in [5, 5.41) is 8.58. The molecule has 0 aromatic heterocycles. The molecule has 0 bridgehead atoms. The van der Waals surface area contributed by atoms with Gasteiger partial charge in [0.05, 0.1) is 7.11 Å². The molecule has 6 heteroatoms. The maximum Gasteiger partial charge on any atom is 0.319 e. The molecule has 17 heavy (non-hydrogen) atoms. The Balaban J connectivity index is 3.40. The number of aliphatic carboxylic acids is 1. The lowest BCUT2D eigenvalue weighted by molar-refractivity contribution is -0.134. The van der Waals surface area contributed by atoms with Crippen molar-refractivity contribution in [1.29, 1.82) is 0 Å².